The lowest BCUT2D eigenvalue weighted by Crippen LogP contribution is -2.27. The maximum atomic E-state index is 8.60. The van der Waals surface area contributed by atoms with E-state index in [0.717, 1.165) is 18.8 Å². The van der Waals surface area contributed by atoms with Gasteiger partial charge >= 0.3 is 0 Å². The maximum Gasteiger partial charge on any atom is 0.0698 e. The van der Waals surface area contributed by atoms with Crippen LogP contribution in [0.3, 0.4) is 0 Å². The van der Waals surface area contributed by atoms with E-state index >= 15 is 0 Å². The van der Waals surface area contributed by atoms with Crippen molar-refractivity contribution in [2.24, 2.45) is 0 Å². The van der Waals surface area contributed by atoms with E-state index in [2.05, 4.69) is 22.9 Å². The summed E-state index contributed by atoms with van der Waals surface area (Å²) < 4.78 is 5.26. The number of anilines is 1. The number of rotatable bonds is 7. The Morgan fingerprint density at radius 3 is 2.88 bits per heavy atom. The number of aliphatic hydroxyl groups is 1. The summed E-state index contributed by atoms with van der Waals surface area (Å²) in [7, 11) is 0. The Balaban J connectivity index is 2.47. The van der Waals surface area contributed by atoms with Gasteiger partial charge in [0.05, 0.1) is 19.8 Å². The summed E-state index contributed by atoms with van der Waals surface area (Å²) in [5.74, 6) is 0. The highest BCUT2D eigenvalue weighted by molar-refractivity contribution is 5.46. The van der Waals surface area contributed by atoms with Crippen molar-refractivity contribution in [1.82, 2.24) is 4.98 Å². The molecule has 0 aliphatic heterocycles. The number of aliphatic hydroxyl groups excluding tert-OH is 1. The standard InChI is InChI=1S/C12H20N2O2/c1-3-14(6-8-16-9-7-15)12-4-5-13-11(2)10-12/h4-5,10,15H,3,6-9H2,1-2H3. The second-order valence-electron chi connectivity index (χ2n) is 3.57. The van der Waals surface area contributed by atoms with Gasteiger partial charge in [-0.25, -0.2) is 0 Å². The Labute approximate surface area is 96.9 Å². The average molecular weight is 224 g/mol. The van der Waals surface area contributed by atoms with Gasteiger partial charge in [-0.3, -0.25) is 4.98 Å². The van der Waals surface area contributed by atoms with Gasteiger partial charge in [0.25, 0.3) is 0 Å². The van der Waals surface area contributed by atoms with Gasteiger partial charge in [0.2, 0.25) is 0 Å². The number of hydrogen-bond acceptors (Lipinski definition) is 4. The predicted molar refractivity (Wildman–Crippen MR) is 64.8 cm³/mol. The van der Waals surface area contributed by atoms with E-state index in [0.29, 0.717) is 13.2 Å². The lowest BCUT2D eigenvalue weighted by molar-refractivity contribution is 0.0967. The average Bonchev–Trinajstić information content (AvgIpc) is 2.29. The molecular formula is C12H20N2O2. The molecule has 1 heterocycles. The minimum absolute atomic E-state index is 0.0838. The SMILES string of the molecule is CCN(CCOCCO)c1ccnc(C)c1. The van der Waals surface area contributed by atoms with Crippen LogP contribution < -0.4 is 4.90 Å². The molecule has 4 heteroatoms. The van der Waals surface area contributed by atoms with Crippen LogP contribution in [-0.4, -0.2) is 43.0 Å². The molecule has 4 nitrogen and oxygen atoms in total. The molecule has 0 spiro atoms. The summed E-state index contributed by atoms with van der Waals surface area (Å²) in [6.45, 7) is 7.00. The zero-order chi connectivity index (χ0) is 11.8. The summed E-state index contributed by atoms with van der Waals surface area (Å²) in [5, 5.41) is 8.60. The highest BCUT2D eigenvalue weighted by atomic mass is 16.5. The first-order valence-corrected chi connectivity index (χ1v) is 5.64. The minimum atomic E-state index is 0.0838. The summed E-state index contributed by atoms with van der Waals surface area (Å²) in [6, 6.07) is 4.07. The second kappa shape index (κ2) is 7.19. The topological polar surface area (TPSA) is 45.6 Å². The second-order valence-corrected chi connectivity index (χ2v) is 3.57. The molecule has 0 fully saturated rings. The van der Waals surface area contributed by atoms with Crippen LogP contribution in [0.4, 0.5) is 5.69 Å². The summed E-state index contributed by atoms with van der Waals surface area (Å²) in [5.41, 5.74) is 2.19. The smallest absolute Gasteiger partial charge is 0.0698 e. The Morgan fingerprint density at radius 2 is 2.25 bits per heavy atom. The van der Waals surface area contributed by atoms with Crippen LogP contribution in [0, 0.1) is 6.92 Å². The Kier molecular flexibility index (Phi) is 5.82. The summed E-state index contributed by atoms with van der Waals surface area (Å²) in [4.78, 5) is 6.40. The van der Waals surface area contributed by atoms with Crippen molar-refractivity contribution in [3.63, 3.8) is 0 Å². The molecule has 1 aromatic heterocycles. The molecule has 0 saturated heterocycles. The van der Waals surface area contributed by atoms with E-state index in [1.807, 2.05) is 19.2 Å². The highest BCUT2D eigenvalue weighted by Crippen LogP contribution is 2.13. The first kappa shape index (κ1) is 12.9. The van der Waals surface area contributed by atoms with Gasteiger partial charge in [0.1, 0.15) is 0 Å². The molecule has 0 bridgehead atoms. The molecular weight excluding hydrogens is 204 g/mol. The quantitative estimate of drug-likeness (QED) is 0.707. The van der Waals surface area contributed by atoms with Crippen molar-refractivity contribution in [2.75, 3.05) is 37.8 Å². The first-order valence-electron chi connectivity index (χ1n) is 5.64. The van der Waals surface area contributed by atoms with Gasteiger partial charge in [0, 0.05) is 30.7 Å². The fraction of sp³-hybridized carbons (Fsp3) is 0.583. The third kappa shape index (κ3) is 4.16. The molecule has 0 amide bonds. The number of ether oxygens (including phenoxy) is 1. The Hall–Kier alpha value is -1.13. The molecule has 0 aliphatic carbocycles. The first-order chi connectivity index (χ1) is 7.77. The van der Waals surface area contributed by atoms with Crippen molar-refractivity contribution in [3.8, 4) is 0 Å². The zero-order valence-corrected chi connectivity index (χ0v) is 10.0. The van der Waals surface area contributed by atoms with Crippen LogP contribution in [-0.2, 0) is 4.74 Å². The highest BCUT2D eigenvalue weighted by Gasteiger charge is 2.03. The minimum Gasteiger partial charge on any atom is -0.394 e. The Bertz CT molecular complexity index is 305. The van der Waals surface area contributed by atoms with Gasteiger partial charge in [-0.15, -0.1) is 0 Å². The van der Waals surface area contributed by atoms with Gasteiger partial charge in [-0.05, 0) is 26.0 Å². The van der Waals surface area contributed by atoms with Crippen LogP contribution in [0.1, 0.15) is 12.6 Å². The molecule has 90 valence electrons. The van der Waals surface area contributed by atoms with Crippen molar-refractivity contribution in [1.29, 1.82) is 0 Å². The maximum absolute atomic E-state index is 8.60. The molecule has 1 N–H and O–H groups in total. The van der Waals surface area contributed by atoms with Crippen molar-refractivity contribution < 1.29 is 9.84 Å². The van der Waals surface area contributed by atoms with Crippen molar-refractivity contribution in [2.45, 2.75) is 13.8 Å². The van der Waals surface area contributed by atoms with Crippen LogP contribution in [0.5, 0.6) is 0 Å². The van der Waals surface area contributed by atoms with E-state index in [1.165, 1.54) is 5.69 Å². The molecule has 0 aliphatic rings. The largest absolute Gasteiger partial charge is 0.394 e. The van der Waals surface area contributed by atoms with E-state index in [1.54, 1.807) is 0 Å². The summed E-state index contributed by atoms with van der Waals surface area (Å²) >= 11 is 0. The van der Waals surface area contributed by atoms with Gasteiger partial charge < -0.3 is 14.7 Å². The van der Waals surface area contributed by atoms with E-state index in [4.69, 9.17) is 9.84 Å². The zero-order valence-electron chi connectivity index (χ0n) is 10.0. The lowest BCUT2D eigenvalue weighted by atomic mass is 10.3. The van der Waals surface area contributed by atoms with Crippen LogP contribution in [0.2, 0.25) is 0 Å². The van der Waals surface area contributed by atoms with Crippen molar-refractivity contribution in [3.05, 3.63) is 24.0 Å². The molecule has 0 atom stereocenters. The molecule has 16 heavy (non-hydrogen) atoms. The molecule has 1 aromatic rings. The molecule has 0 unspecified atom stereocenters. The van der Waals surface area contributed by atoms with Gasteiger partial charge in [-0.1, -0.05) is 0 Å². The van der Waals surface area contributed by atoms with Crippen LogP contribution in [0.25, 0.3) is 0 Å². The van der Waals surface area contributed by atoms with Gasteiger partial charge in [0.15, 0.2) is 0 Å². The number of aryl methyl sites for hydroxylation is 1. The number of likely N-dealkylation sites (N-methyl/N-ethyl adjacent to an activating group) is 1. The Morgan fingerprint density at radius 1 is 1.44 bits per heavy atom. The lowest BCUT2D eigenvalue weighted by Gasteiger charge is -2.23. The fourth-order valence-electron chi connectivity index (χ4n) is 1.54. The third-order valence-electron chi connectivity index (χ3n) is 2.37. The molecule has 0 aromatic carbocycles. The van der Waals surface area contributed by atoms with Crippen LogP contribution in [0.15, 0.2) is 18.3 Å². The predicted octanol–water partition coefficient (Wildman–Crippen LogP) is 1.23. The normalized spacial score (nSPS) is 10.4. The molecule has 1 rings (SSSR count). The van der Waals surface area contributed by atoms with Crippen molar-refractivity contribution >= 4 is 5.69 Å². The molecule has 0 radical (unpaired) electrons. The monoisotopic (exact) mass is 224 g/mol. The number of hydrogen-bond donors (Lipinski definition) is 1. The fourth-order valence-corrected chi connectivity index (χ4v) is 1.54. The number of aromatic nitrogens is 1. The van der Waals surface area contributed by atoms with E-state index in [9.17, 15) is 0 Å². The third-order valence-corrected chi connectivity index (χ3v) is 2.37. The van der Waals surface area contributed by atoms with Gasteiger partial charge in [-0.2, -0.15) is 0 Å². The summed E-state index contributed by atoms with van der Waals surface area (Å²) in [6.07, 6.45) is 1.82. The van der Waals surface area contributed by atoms with E-state index in [-0.39, 0.29) is 6.61 Å². The molecule has 0 saturated carbocycles. The number of nitrogens with zero attached hydrogens (tertiary/aromatic N) is 2. The van der Waals surface area contributed by atoms with E-state index < -0.39 is 0 Å². The number of pyridine rings is 1. The van der Waals surface area contributed by atoms with Crippen LogP contribution >= 0.6 is 0 Å².